The van der Waals surface area contributed by atoms with Gasteiger partial charge in [-0.3, -0.25) is 5.01 Å². The first-order valence-electron chi connectivity index (χ1n) is 2.75. The lowest BCUT2D eigenvalue weighted by atomic mass is 10.6. The van der Waals surface area contributed by atoms with Crippen molar-refractivity contribution in [3.63, 3.8) is 0 Å². The Morgan fingerprint density at radius 3 is 3.09 bits per heavy atom. The molecular weight excluding hydrogens is 164 g/mol. The molecule has 0 aliphatic rings. The third-order valence-corrected chi connectivity index (χ3v) is 1.14. The Labute approximate surface area is 68.1 Å². The van der Waals surface area contributed by atoms with Crippen molar-refractivity contribution >= 4 is 18.2 Å². The molecule has 0 saturated heterocycles. The van der Waals surface area contributed by atoms with E-state index >= 15 is 0 Å². The van der Waals surface area contributed by atoms with E-state index in [2.05, 4.69) is 32.8 Å². The van der Waals surface area contributed by atoms with Crippen LogP contribution in [0.1, 0.15) is 0 Å². The average Bonchev–Trinajstić information content (AvgIpc) is 2.36. The normalized spacial score (nSPS) is 9.09. The van der Waals surface area contributed by atoms with E-state index in [1.807, 2.05) is 0 Å². The Morgan fingerprint density at radius 2 is 2.64 bits per heavy atom. The number of H-pyrrole nitrogens is 1. The van der Waals surface area contributed by atoms with Crippen LogP contribution in [0.25, 0.3) is 0 Å². The number of rotatable bonds is 2. The first kappa shape index (κ1) is 7.78. The Kier molecular flexibility index (Phi) is 2.25. The van der Waals surface area contributed by atoms with Gasteiger partial charge < -0.3 is 4.52 Å². The highest BCUT2D eigenvalue weighted by Gasteiger charge is 2.02. The predicted octanol–water partition coefficient (Wildman–Crippen LogP) is 0.0455. The molecule has 0 amide bonds. The Bertz CT molecular complexity index is 322. The van der Waals surface area contributed by atoms with Gasteiger partial charge in [-0.2, -0.15) is 10.1 Å². The summed E-state index contributed by atoms with van der Waals surface area (Å²) >= 11 is 4.59. The number of nitrogens with two attached hydrogens (primary N) is 1. The van der Waals surface area contributed by atoms with Crippen LogP contribution in [0.2, 0.25) is 0 Å². The zero-order valence-electron chi connectivity index (χ0n) is 5.57. The number of terminal acetylenes is 1. The molecule has 6 heteroatoms. The van der Waals surface area contributed by atoms with Crippen LogP contribution in [0.4, 0.5) is 5.95 Å². The molecule has 1 aromatic heterocycles. The van der Waals surface area contributed by atoms with Gasteiger partial charge in [0.2, 0.25) is 0 Å². The second-order valence-electron chi connectivity index (χ2n) is 1.74. The Balaban J connectivity index is 2.78. The number of aromatic nitrogens is 2. The molecule has 0 aliphatic heterocycles. The second-order valence-corrected chi connectivity index (χ2v) is 2.09. The fourth-order valence-electron chi connectivity index (χ4n) is 0.517. The minimum atomic E-state index is 0.104. The maximum Gasteiger partial charge on any atom is 0.315 e. The lowest BCUT2D eigenvalue weighted by Gasteiger charge is -2.08. The first-order valence-corrected chi connectivity index (χ1v) is 3.16. The van der Waals surface area contributed by atoms with E-state index in [1.165, 1.54) is 5.01 Å². The summed E-state index contributed by atoms with van der Waals surface area (Å²) < 4.78 is 4.62. The lowest BCUT2D eigenvalue weighted by molar-refractivity contribution is 0.404. The molecule has 3 N–H and O–H groups in total. The molecule has 5 nitrogen and oxygen atoms in total. The molecule has 58 valence electrons. The van der Waals surface area contributed by atoms with Crippen molar-refractivity contribution in [3.05, 3.63) is 4.84 Å². The van der Waals surface area contributed by atoms with Gasteiger partial charge in [0.05, 0.1) is 6.54 Å². The molecule has 0 unspecified atom stereocenters. The van der Waals surface area contributed by atoms with Gasteiger partial charge in [0, 0.05) is 0 Å². The summed E-state index contributed by atoms with van der Waals surface area (Å²) in [5.74, 6) is 8.08. The predicted molar refractivity (Wildman–Crippen MR) is 42.1 cm³/mol. The number of anilines is 1. The number of nitrogens with zero attached hydrogens (tertiary/aromatic N) is 2. The van der Waals surface area contributed by atoms with E-state index in [0.29, 0.717) is 5.95 Å². The monoisotopic (exact) mass is 170 g/mol. The van der Waals surface area contributed by atoms with Gasteiger partial charge in [-0.25, -0.2) is 5.84 Å². The zero-order valence-corrected chi connectivity index (χ0v) is 6.39. The summed E-state index contributed by atoms with van der Waals surface area (Å²) in [4.78, 5) is 3.83. The van der Waals surface area contributed by atoms with Gasteiger partial charge in [-0.1, -0.05) is 5.92 Å². The Hall–Kier alpha value is -1.32. The third kappa shape index (κ3) is 1.80. The Morgan fingerprint density at radius 1 is 1.91 bits per heavy atom. The quantitative estimate of drug-likeness (QED) is 0.284. The number of aromatic amines is 1. The number of hydrogen-bond donors (Lipinski definition) is 2. The molecule has 0 aromatic carbocycles. The smallest absolute Gasteiger partial charge is 0.315 e. The van der Waals surface area contributed by atoms with Gasteiger partial charge in [0.25, 0.3) is 5.95 Å². The highest BCUT2D eigenvalue weighted by atomic mass is 32.1. The largest absolute Gasteiger partial charge is 0.346 e. The standard InChI is InChI=1S/C5H6N4OS/c1-2-3-9(6)4-7-5(11)10-8-4/h1H,3,6H2,(H,7,8,11). The summed E-state index contributed by atoms with van der Waals surface area (Å²) in [5.41, 5.74) is 0. The summed E-state index contributed by atoms with van der Waals surface area (Å²) in [6, 6.07) is 0. The van der Waals surface area contributed by atoms with Gasteiger partial charge in [-0.15, -0.1) is 6.42 Å². The van der Waals surface area contributed by atoms with Crippen molar-refractivity contribution in [2.45, 2.75) is 0 Å². The van der Waals surface area contributed by atoms with Crippen molar-refractivity contribution < 1.29 is 4.52 Å². The van der Waals surface area contributed by atoms with Crippen molar-refractivity contribution in [1.29, 1.82) is 0 Å². The van der Waals surface area contributed by atoms with Gasteiger partial charge >= 0.3 is 4.84 Å². The van der Waals surface area contributed by atoms with Crippen molar-refractivity contribution in [2.24, 2.45) is 5.84 Å². The van der Waals surface area contributed by atoms with Crippen LogP contribution in [0, 0.1) is 17.2 Å². The number of nitrogens with one attached hydrogen (secondary N) is 1. The van der Waals surface area contributed by atoms with E-state index in [1.54, 1.807) is 0 Å². The molecule has 0 spiro atoms. The van der Waals surface area contributed by atoms with Crippen LogP contribution in [0.15, 0.2) is 4.52 Å². The molecular formula is C5H6N4OS. The fraction of sp³-hybridized carbons (Fsp3) is 0.200. The van der Waals surface area contributed by atoms with E-state index < -0.39 is 0 Å². The van der Waals surface area contributed by atoms with E-state index in [4.69, 9.17) is 12.3 Å². The minimum absolute atomic E-state index is 0.104. The second kappa shape index (κ2) is 3.18. The van der Waals surface area contributed by atoms with Crippen LogP contribution >= 0.6 is 12.2 Å². The SMILES string of the molecule is C#CCN(N)c1nc(=S)o[nH]1. The molecule has 0 bridgehead atoms. The van der Waals surface area contributed by atoms with E-state index in [9.17, 15) is 0 Å². The van der Waals surface area contributed by atoms with Crippen LogP contribution < -0.4 is 10.9 Å². The average molecular weight is 170 g/mol. The summed E-state index contributed by atoms with van der Waals surface area (Å²) in [6.07, 6.45) is 5.00. The number of hydrogen-bond acceptors (Lipinski definition) is 5. The lowest BCUT2D eigenvalue weighted by Crippen LogP contribution is -2.31. The maximum atomic E-state index is 5.41. The molecule has 11 heavy (non-hydrogen) atoms. The zero-order chi connectivity index (χ0) is 8.27. The van der Waals surface area contributed by atoms with Gasteiger partial charge in [0.1, 0.15) is 0 Å². The van der Waals surface area contributed by atoms with Gasteiger partial charge in [0.15, 0.2) is 0 Å². The molecule has 1 heterocycles. The summed E-state index contributed by atoms with van der Waals surface area (Å²) in [7, 11) is 0. The summed E-state index contributed by atoms with van der Waals surface area (Å²) in [5, 5.41) is 3.63. The molecule has 0 radical (unpaired) electrons. The first-order chi connectivity index (χ1) is 5.24. The number of hydrazine groups is 1. The molecule has 0 saturated carbocycles. The van der Waals surface area contributed by atoms with E-state index in [0.717, 1.165) is 0 Å². The molecule has 0 atom stereocenters. The van der Waals surface area contributed by atoms with Crippen molar-refractivity contribution in [3.8, 4) is 12.3 Å². The van der Waals surface area contributed by atoms with Crippen LogP contribution in [-0.2, 0) is 0 Å². The fourth-order valence-corrected chi connectivity index (χ4v) is 0.646. The van der Waals surface area contributed by atoms with Crippen LogP contribution in [-0.4, -0.2) is 16.7 Å². The van der Waals surface area contributed by atoms with E-state index in [-0.39, 0.29) is 11.4 Å². The van der Waals surface area contributed by atoms with Gasteiger partial charge in [-0.05, 0) is 12.2 Å². The minimum Gasteiger partial charge on any atom is -0.346 e. The van der Waals surface area contributed by atoms with Crippen molar-refractivity contribution in [2.75, 3.05) is 11.6 Å². The summed E-state index contributed by atoms with van der Waals surface area (Å²) in [6.45, 7) is 0.248. The van der Waals surface area contributed by atoms with Crippen molar-refractivity contribution in [1.82, 2.24) is 10.1 Å². The molecule has 1 aromatic rings. The highest BCUT2D eigenvalue weighted by Crippen LogP contribution is 2.00. The molecule has 0 aliphatic carbocycles. The van der Waals surface area contributed by atoms with Crippen LogP contribution in [0.5, 0.6) is 0 Å². The molecule has 0 fully saturated rings. The molecule has 1 rings (SSSR count). The third-order valence-electron chi connectivity index (χ3n) is 0.961. The van der Waals surface area contributed by atoms with Crippen LogP contribution in [0.3, 0.4) is 0 Å². The topological polar surface area (TPSA) is 71.1 Å². The maximum absolute atomic E-state index is 5.41. The highest BCUT2D eigenvalue weighted by molar-refractivity contribution is 7.71.